The third kappa shape index (κ3) is 5.08. The molecule has 1 rings (SSSR count). The Kier molecular flexibility index (Phi) is 7.27. The van der Waals surface area contributed by atoms with Gasteiger partial charge in [0.15, 0.2) is 0 Å². The van der Waals surface area contributed by atoms with Crippen LogP contribution in [0.5, 0.6) is 0 Å². The summed E-state index contributed by atoms with van der Waals surface area (Å²) >= 11 is 0. The van der Waals surface area contributed by atoms with E-state index >= 15 is 0 Å². The zero-order valence-electron chi connectivity index (χ0n) is 13.8. The van der Waals surface area contributed by atoms with Crippen LogP contribution in [-0.2, 0) is 19.6 Å². The molecule has 0 unspecified atom stereocenters. The predicted octanol–water partition coefficient (Wildman–Crippen LogP) is 2.35. The molecule has 0 bridgehead atoms. The number of aryl methyl sites for hydroxylation is 1. The molecule has 0 spiro atoms. The lowest BCUT2D eigenvalue weighted by molar-refractivity contribution is -0.144. The van der Waals surface area contributed by atoms with Gasteiger partial charge in [0.2, 0.25) is 10.0 Å². The SMILES string of the molecule is C#CCCCCN([C@@H](C)C(=O)OC)S(=O)(=O)c1ccc(C)cc1. The summed E-state index contributed by atoms with van der Waals surface area (Å²) in [6.45, 7) is 3.62. The lowest BCUT2D eigenvalue weighted by Crippen LogP contribution is -2.44. The first-order valence-electron chi connectivity index (χ1n) is 7.44. The van der Waals surface area contributed by atoms with Gasteiger partial charge in [-0.15, -0.1) is 12.3 Å². The van der Waals surface area contributed by atoms with Crippen molar-refractivity contribution in [2.45, 2.75) is 44.0 Å². The summed E-state index contributed by atoms with van der Waals surface area (Å²) in [5.41, 5.74) is 0.963. The predicted molar refractivity (Wildman–Crippen MR) is 89.2 cm³/mol. The zero-order chi connectivity index (χ0) is 17.5. The largest absolute Gasteiger partial charge is 0.468 e. The van der Waals surface area contributed by atoms with Crippen molar-refractivity contribution in [2.24, 2.45) is 0 Å². The second kappa shape index (κ2) is 8.70. The smallest absolute Gasteiger partial charge is 0.323 e. The second-order valence-electron chi connectivity index (χ2n) is 5.29. The summed E-state index contributed by atoms with van der Waals surface area (Å²) in [5, 5.41) is 0. The maximum Gasteiger partial charge on any atom is 0.323 e. The van der Waals surface area contributed by atoms with E-state index in [4.69, 9.17) is 11.2 Å². The number of rotatable bonds is 8. The van der Waals surface area contributed by atoms with Crippen LogP contribution in [-0.4, -0.2) is 38.4 Å². The lowest BCUT2D eigenvalue weighted by atomic mass is 10.2. The topological polar surface area (TPSA) is 63.7 Å². The Balaban J connectivity index is 3.08. The Bertz CT molecular complexity index is 659. The van der Waals surface area contributed by atoms with Gasteiger partial charge in [-0.3, -0.25) is 4.79 Å². The van der Waals surface area contributed by atoms with E-state index in [0.717, 1.165) is 5.56 Å². The van der Waals surface area contributed by atoms with Crippen LogP contribution in [0.4, 0.5) is 0 Å². The minimum absolute atomic E-state index is 0.163. The highest BCUT2D eigenvalue weighted by molar-refractivity contribution is 7.89. The summed E-state index contributed by atoms with van der Waals surface area (Å²) in [6, 6.07) is 5.65. The van der Waals surface area contributed by atoms with Crippen molar-refractivity contribution < 1.29 is 17.9 Å². The van der Waals surface area contributed by atoms with E-state index in [2.05, 4.69) is 5.92 Å². The third-order valence-corrected chi connectivity index (χ3v) is 5.54. The molecule has 0 N–H and O–H groups in total. The highest BCUT2D eigenvalue weighted by Crippen LogP contribution is 2.20. The summed E-state index contributed by atoms with van der Waals surface area (Å²) in [4.78, 5) is 12.0. The molecule has 0 fully saturated rings. The van der Waals surface area contributed by atoms with E-state index in [1.807, 2.05) is 6.92 Å². The van der Waals surface area contributed by atoms with Gasteiger partial charge in [-0.2, -0.15) is 4.31 Å². The molecule has 126 valence electrons. The molecule has 6 heteroatoms. The molecule has 0 aromatic heterocycles. The Morgan fingerprint density at radius 1 is 1.30 bits per heavy atom. The number of unbranched alkanes of at least 4 members (excludes halogenated alkanes) is 2. The zero-order valence-corrected chi connectivity index (χ0v) is 14.6. The number of ether oxygens (including phenoxy) is 1. The van der Waals surface area contributed by atoms with Gasteiger partial charge in [0.05, 0.1) is 12.0 Å². The minimum atomic E-state index is -3.78. The van der Waals surface area contributed by atoms with E-state index in [-0.39, 0.29) is 11.4 Å². The highest BCUT2D eigenvalue weighted by Gasteiger charge is 2.33. The molecule has 0 aliphatic heterocycles. The summed E-state index contributed by atoms with van der Waals surface area (Å²) in [6.07, 6.45) is 7.06. The van der Waals surface area contributed by atoms with Gasteiger partial charge in [0, 0.05) is 13.0 Å². The quantitative estimate of drug-likeness (QED) is 0.415. The maximum atomic E-state index is 12.8. The molecule has 5 nitrogen and oxygen atoms in total. The molecule has 0 aliphatic rings. The second-order valence-corrected chi connectivity index (χ2v) is 7.18. The van der Waals surface area contributed by atoms with Crippen molar-refractivity contribution in [3.05, 3.63) is 29.8 Å². The van der Waals surface area contributed by atoms with Crippen LogP contribution in [0.2, 0.25) is 0 Å². The molecule has 0 radical (unpaired) electrons. The van der Waals surface area contributed by atoms with Crippen molar-refractivity contribution in [3.63, 3.8) is 0 Å². The van der Waals surface area contributed by atoms with Crippen LogP contribution in [0.3, 0.4) is 0 Å². The Morgan fingerprint density at radius 2 is 1.91 bits per heavy atom. The normalized spacial score (nSPS) is 12.7. The molecule has 0 heterocycles. The number of esters is 1. The first kappa shape index (κ1) is 19.2. The minimum Gasteiger partial charge on any atom is -0.468 e. The average molecular weight is 337 g/mol. The van der Waals surface area contributed by atoms with Crippen LogP contribution in [0.1, 0.15) is 31.7 Å². The number of carbonyl (C=O) groups is 1. The fourth-order valence-corrected chi connectivity index (χ4v) is 3.77. The van der Waals surface area contributed by atoms with Gasteiger partial charge in [-0.1, -0.05) is 17.7 Å². The molecule has 0 aliphatic carbocycles. The Hall–Kier alpha value is -1.84. The van der Waals surface area contributed by atoms with Crippen LogP contribution in [0, 0.1) is 19.3 Å². The van der Waals surface area contributed by atoms with Crippen LogP contribution in [0.15, 0.2) is 29.2 Å². The summed E-state index contributed by atoms with van der Waals surface area (Å²) in [5.74, 6) is 1.94. The standard InChI is InChI=1S/C17H23NO4S/c1-5-6-7-8-13-18(15(3)17(19)22-4)23(20,21)16-11-9-14(2)10-12-16/h1,9-12,15H,6-8,13H2,2-4H3/t15-/m0/s1. The molecule has 0 saturated carbocycles. The van der Waals surface area contributed by atoms with E-state index in [9.17, 15) is 13.2 Å². The van der Waals surface area contributed by atoms with Crippen LogP contribution in [0.25, 0.3) is 0 Å². The third-order valence-electron chi connectivity index (χ3n) is 3.55. The monoisotopic (exact) mass is 337 g/mol. The fourth-order valence-electron chi connectivity index (χ4n) is 2.15. The van der Waals surface area contributed by atoms with Crippen molar-refractivity contribution in [2.75, 3.05) is 13.7 Å². The molecule has 0 amide bonds. The lowest BCUT2D eigenvalue weighted by Gasteiger charge is -2.26. The molecular formula is C17H23NO4S. The van der Waals surface area contributed by atoms with E-state index in [1.54, 1.807) is 24.3 Å². The number of hydrogen-bond acceptors (Lipinski definition) is 4. The highest BCUT2D eigenvalue weighted by atomic mass is 32.2. The summed E-state index contributed by atoms with van der Waals surface area (Å²) < 4.78 is 31.6. The number of benzene rings is 1. The fraction of sp³-hybridized carbons (Fsp3) is 0.471. The number of sulfonamides is 1. The number of hydrogen-bond donors (Lipinski definition) is 0. The molecule has 1 aromatic rings. The van der Waals surface area contributed by atoms with Gasteiger partial charge < -0.3 is 4.74 Å². The van der Waals surface area contributed by atoms with Crippen LogP contribution < -0.4 is 0 Å². The van der Waals surface area contributed by atoms with Gasteiger partial charge >= 0.3 is 5.97 Å². The summed E-state index contributed by atoms with van der Waals surface area (Å²) in [7, 11) is -2.53. The van der Waals surface area contributed by atoms with Gasteiger partial charge in [0.25, 0.3) is 0 Å². The van der Waals surface area contributed by atoms with Crippen molar-refractivity contribution in [3.8, 4) is 12.3 Å². The molecule has 23 heavy (non-hydrogen) atoms. The first-order chi connectivity index (χ1) is 10.8. The number of terminal acetylenes is 1. The molecule has 1 atom stereocenters. The van der Waals surface area contributed by atoms with E-state index in [0.29, 0.717) is 19.3 Å². The number of methoxy groups -OCH3 is 1. The average Bonchev–Trinajstić information content (AvgIpc) is 2.53. The molecule has 1 aromatic carbocycles. The molecular weight excluding hydrogens is 314 g/mol. The van der Waals surface area contributed by atoms with E-state index in [1.165, 1.54) is 18.3 Å². The molecule has 0 saturated heterocycles. The van der Waals surface area contributed by atoms with Crippen molar-refractivity contribution in [1.29, 1.82) is 0 Å². The van der Waals surface area contributed by atoms with Crippen LogP contribution >= 0.6 is 0 Å². The van der Waals surface area contributed by atoms with Crippen molar-refractivity contribution >= 4 is 16.0 Å². The Morgan fingerprint density at radius 3 is 2.43 bits per heavy atom. The Labute approximate surface area is 138 Å². The van der Waals surface area contributed by atoms with Gasteiger partial charge in [-0.25, -0.2) is 8.42 Å². The van der Waals surface area contributed by atoms with Gasteiger partial charge in [0.1, 0.15) is 6.04 Å². The maximum absolute atomic E-state index is 12.8. The van der Waals surface area contributed by atoms with Crippen molar-refractivity contribution in [1.82, 2.24) is 4.31 Å². The van der Waals surface area contributed by atoms with E-state index < -0.39 is 22.0 Å². The number of nitrogens with zero attached hydrogens (tertiary/aromatic N) is 1. The first-order valence-corrected chi connectivity index (χ1v) is 8.88. The number of carbonyl (C=O) groups excluding carboxylic acids is 1. The van der Waals surface area contributed by atoms with Gasteiger partial charge in [-0.05, 0) is 38.8 Å².